The van der Waals surface area contributed by atoms with Gasteiger partial charge in [-0.2, -0.15) is 10.2 Å². The Hall–Kier alpha value is -1.62. The fraction of sp³-hybridized carbons (Fsp3) is 0.538. The Kier molecular flexibility index (Phi) is 3.81. The molecule has 0 saturated heterocycles. The van der Waals surface area contributed by atoms with E-state index in [2.05, 4.69) is 42.5 Å². The summed E-state index contributed by atoms with van der Waals surface area (Å²) in [5.74, 6) is 0. The molecule has 0 aromatic carbocycles. The molecule has 0 amide bonds. The molecule has 0 saturated carbocycles. The van der Waals surface area contributed by atoms with E-state index in [0.29, 0.717) is 0 Å². The summed E-state index contributed by atoms with van der Waals surface area (Å²) in [7, 11) is 1.94. The maximum atomic E-state index is 4.44. The van der Waals surface area contributed by atoms with Gasteiger partial charge in [0.1, 0.15) is 0 Å². The third-order valence-corrected chi connectivity index (χ3v) is 3.15. The smallest absolute Gasteiger partial charge is 0.0791 e. The number of aryl methyl sites for hydroxylation is 3. The fourth-order valence-electron chi connectivity index (χ4n) is 1.93. The number of rotatable bonds is 5. The Balaban J connectivity index is 1.96. The number of hydrogen-bond donors (Lipinski definition) is 1. The van der Waals surface area contributed by atoms with E-state index in [9.17, 15) is 0 Å². The highest BCUT2D eigenvalue weighted by Gasteiger charge is 2.09. The molecule has 2 aromatic rings. The van der Waals surface area contributed by atoms with Gasteiger partial charge >= 0.3 is 0 Å². The maximum Gasteiger partial charge on any atom is 0.0791 e. The van der Waals surface area contributed by atoms with E-state index in [-0.39, 0.29) is 6.04 Å². The number of hydrogen-bond acceptors (Lipinski definition) is 3. The lowest BCUT2D eigenvalue weighted by Gasteiger charge is -2.10. The van der Waals surface area contributed by atoms with E-state index in [1.54, 1.807) is 0 Å². The quantitative estimate of drug-likeness (QED) is 0.876. The summed E-state index contributed by atoms with van der Waals surface area (Å²) in [6.07, 6.45) is 4.07. The number of nitrogens with zero attached hydrogens (tertiary/aromatic N) is 4. The van der Waals surface area contributed by atoms with Crippen LogP contribution < -0.4 is 5.32 Å². The lowest BCUT2D eigenvalue weighted by atomic mass is 10.2. The van der Waals surface area contributed by atoms with Crippen LogP contribution in [0.3, 0.4) is 0 Å². The van der Waals surface area contributed by atoms with Gasteiger partial charge in [0.05, 0.1) is 11.4 Å². The molecule has 18 heavy (non-hydrogen) atoms. The van der Waals surface area contributed by atoms with Crippen molar-refractivity contribution in [1.82, 2.24) is 24.9 Å². The summed E-state index contributed by atoms with van der Waals surface area (Å²) in [6, 6.07) is 2.29. The number of aromatic nitrogens is 4. The Morgan fingerprint density at radius 1 is 1.39 bits per heavy atom. The molecule has 5 heteroatoms. The van der Waals surface area contributed by atoms with Gasteiger partial charge in [-0.25, -0.2) is 0 Å². The van der Waals surface area contributed by atoms with Gasteiger partial charge in [0, 0.05) is 44.1 Å². The molecule has 2 heterocycles. The van der Waals surface area contributed by atoms with Gasteiger partial charge in [0.2, 0.25) is 0 Å². The minimum Gasteiger partial charge on any atom is -0.305 e. The van der Waals surface area contributed by atoms with Crippen LogP contribution in [0.4, 0.5) is 0 Å². The van der Waals surface area contributed by atoms with E-state index < -0.39 is 0 Å². The van der Waals surface area contributed by atoms with Crippen molar-refractivity contribution in [2.24, 2.45) is 7.05 Å². The van der Waals surface area contributed by atoms with Gasteiger partial charge in [-0.3, -0.25) is 9.36 Å². The molecule has 98 valence electrons. The maximum absolute atomic E-state index is 4.44. The summed E-state index contributed by atoms with van der Waals surface area (Å²) in [5.41, 5.74) is 3.41. The highest BCUT2D eigenvalue weighted by Crippen LogP contribution is 2.11. The molecule has 1 atom stereocenters. The fourth-order valence-corrected chi connectivity index (χ4v) is 1.93. The van der Waals surface area contributed by atoms with E-state index in [1.165, 1.54) is 5.56 Å². The van der Waals surface area contributed by atoms with Crippen LogP contribution in [0.1, 0.15) is 36.8 Å². The monoisotopic (exact) mass is 247 g/mol. The van der Waals surface area contributed by atoms with Crippen LogP contribution in [0.5, 0.6) is 0 Å². The largest absolute Gasteiger partial charge is 0.305 e. The topological polar surface area (TPSA) is 47.7 Å². The molecule has 0 radical (unpaired) electrons. The van der Waals surface area contributed by atoms with Gasteiger partial charge in [-0.05, 0) is 26.8 Å². The minimum absolute atomic E-state index is 0.246. The Labute approximate surface area is 108 Å². The van der Waals surface area contributed by atoms with E-state index in [0.717, 1.165) is 24.5 Å². The second-order valence-electron chi connectivity index (χ2n) is 4.61. The van der Waals surface area contributed by atoms with Gasteiger partial charge in [0.15, 0.2) is 0 Å². The van der Waals surface area contributed by atoms with Crippen molar-refractivity contribution >= 4 is 0 Å². The molecule has 0 aliphatic rings. The van der Waals surface area contributed by atoms with Crippen molar-refractivity contribution in [3.05, 3.63) is 35.4 Å². The second kappa shape index (κ2) is 5.35. The molecule has 2 aromatic heterocycles. The van der Waals surface area contributed by atoms with Crippen LogP contribution in [-0.2, 0) is 20.1 Å². The molecule has 0 aliphatic heterocycles. The van der Waals surface area contributed by atoms with Crippen molar-refractivity contribution in [3.8, 4) is 0 Å². The van der Waals surface area contributed by atoms with Crippen LogP contribution in [-0.4, -0.2) is 19.6 Å². The van der Waals surface area contributed by atoms with Crippen LogP contribution >= 0.6 is 0 Å². The Morgan fingerprint density at radius 3 is 2.72 bits per heavy atom. The number of nitrogens with one attached hydrogen (secondary N) is 1. The Bertz CT molecular complexity index is 511. The first kappa shape index (κ1) is 12.8. The van der Waals surface area contributed by atoms with E-state index >= 15 is 0 Å². The molecular weight excluding hydrogens is 226 g/mol. The third-order valence-electron chi connectivity index (χ3n) is 3.15. The molecular formula is C13H21N5. The Morgan fingerprint density at radius 2 is 2.17 bits per heavy atom. The van der Waals surface area contributed by atoms with E-state index in [4.69, 9.17) is 0 Å². The summed E-state index contributed by atoms with van der Waals surface area (Å²) >= 11 is 0. The predicted octanol–water partition coefficient (Wildman–Crippen LogP) is 1.80. The molecule has 0 fully saturated rings. The first-order valence-electron chi connectivity index (χ1n) is 6.36. The highest BCUT2D eigenvalue weighted by molar-refractivity contribution is 5.15. The first-order chi connectivity index (χ1) is 8.60. The zero-order valence-corrected chi connectivity index (χ0v) is 11.5. The highest BCUT2D eigenvalue weighted by atomic mass is 15.3. The van der Waals surface area contributed by atoms with Crippen LogP contribution in [0.25, 0.3) is 0 Å². The average molecular weight is 247 g/mol. The van der Waals surface area contributed by atoms with Crippen LogP contribution in [0.15, 0.2) is 18.5 Å². The van der Waals surface area contributed by atoms with Gasteiger partial charge < -0.3 is 5.32 Å². The van der Waals surface area contributed by atoms with Crippen molar-refractivity contribution in [3.63, 3.8) is 0 Å². The zero-order valence-electron chi connectivity index (χ0n) is 11.5. The second-order valence-corrected chi connectivity index (χ2v) is 4.61. The SMILES string of the molecule is CCn1cc(CNC(C)c2ccn(C)n2)c(C)n1. The van der Waals surface area contributed by atoms with Gasteiger partial charge in [-0.1, -0.05) is 0 Å². The molecule has 2 rings (SSSR count). The van der Waals surface area contributed by atoms with Gasteiger partial charge in [-0.15, -0.1) is 0 Å². The van der Waals surface area contributed by atoms with Gasteiger partial charge in [0.25, 0.3) is 0 Å². The summed E-state index contributed by atoms with van der Waals surface area (Å²) < 4.78 is 3.80. The molecule has 0 bridgehead atoms. The van der Waals surface area contributed by atoms with E-state index in [1.807, 2.05) is 28.7 Å². The standard InChI is InChI=1S/C13H21N5/c1-5-18-9-12(10(2)15-18)8-14-11(3)13-6-7-17(4)16-13/h6-7,9,11,14H,5,8H2,1-4H3. The molecule has 1 N–H and O–H groups in total. The normalized spacial score (nSPS) is 12.9. The summed E-state index contributed by atoms with van der Waals surface area (Å²) in [4.78, 5) is 0. The minimum atomic E-state index is 0.246. The predicted molar refractivity (Wildman–Crippen MR) is 71.1 cm³/mol. The third kappa shape index (κ3) is 2.79. The van der Waals surface area contributed by atoms with Crippen LogP contribution in [0, 0.1) is 6.92 Å². The van der Waals surface area contributed by atoms with Crippen molar-refractivity contribution in [2.75, 3.05) is 0 Å². The zero-order chi connectivity index (χ0) is 13.1. The summed E-state index contributed by atoms with van der Waals surface area (Å²) in [5, 5.41) is 12.3. The lowest BCUT2D eigenvalue weighted by Crippen LogP contribution is -2.19. The van der Waals surface area contributed by atoms with Crippen molar-refractivity contribution < 1.29 is 0 Å². The van der Waals surface area contributed by atoms with Crippen molar-refractivity contribution in [2.45, 2.75) is 39.9 Å². The molecule has 1 unspecified atom stereocenters. The van der Waals surface area contributed by atoms with Crippen LogP contribution in [0.2, 0.25) is 0 Å². The lowest BCUT2D eigenvalue weighted by molar-refractivity contribution is 0.550. The van der Waals surface area contributed by atoms with Crippen molar-refractivity contribution in [1.29, 1.82) is 0 Å². The molecule has 0 spiro atoms. The molecule has 0 aliphatic carbocycles. The first-order valence-corrected chi connectivity index (χ1v) is 6.36. The average Bonchev–Trinajstić information content (AvgIpc) is 2.92. The molecule has 5 nitrogen and oxygen atoms in total. The summed E-state index contributed by atoms with van der Waals surface area (Å²) in [6.45, 7) is 8.01.